The summed E-state index contributed by atoms with van der Waals surface area (Å²) in [5, 5.41) is 24.4. The smallest absolute Gasteiger partial charge is 0.254 e. The van der Waals surface area contributed by atoms with Crippen LogP contribution in [0.1, 0.15) is 40.9 Å². The number of carbonyl (C=O) groups excluding carboxylic acids is 1. The average Bonchev–Trinajstić information content (AvgIpc) is 3.15. The number of rotatable bonds is 2. The Balaban J connectivity index is 1.70. The minimum atomic E-state index is -2.53. The number of Topliss-reactive ketones (excluding diaryl/α,β-unsaturated/α-hetero) is 1. The van der Waals surface area contributed by atoms with Crippen molar-refractivity contribution in [2.24, 2.45) is 7.05 Å². The Hall–Kier alpha value is -4.89. The number of phenols is 1. The summed E-state index contributed by atoms with van der Waals surface area (Å²) in [5.74, 6) is -0.487. The van der Waals surface area contributed by atoms with Gasteiger partial charge >= 0.3 is 0 Å². The number of methoxy groups -OCH3 is 1. The Bertz CT molecular complexity index is 2200. The van der Waals surface area contributed by atoms with E-state index in [0.717, 1.165) is 10.1 Å². The predicted molar refractivity (Wildman–Crippen MR) is 155 cm³/mol. The fourth-order valence-electron chi connectivity index (χ4n) is 6.46. The number of nitrogens with zero attached hydrogens (tertiary/aromatic N) is 2. The molecule has 2 aliphatic heterocycles. The molecule has 0 spiro atoms. The van der Waals surface area contributed by atoms with Crippen LogP contribution in [-0.4, -0.2) is 37.8 Å². The molecule has 4 heterocycles. The van der Waals surface area contributed by atoms with Crippen molar-refractivity contribution >= 4 is 44.6 Å². The molecule has 9 nitrogen and oxygen atoms in total. The van der Waals surface area contributed by atoms with E-state index in [1.54, 1.807) is 23.7 Å². The summed E-state index contributed by atoms with van der Waals surface area (Å²) in [6, 6.07) is 10.8. The summed E-state index contributed by atoms with van der Waals surface area (Å²) in [5.41, 5.74) is -1.97. The first-order valence-corrected chi connectivity index (χ1v) is 13.1. The largest absolute Gasteiger partial charge is 0.507 e. The van der Waals surface area contributed by atoms with E-state index >= 15 is 0 Å². The molecule has 1 unspecified atom stereocenters. The van der Waals surface area contributed by atoms with E-state index in [1.807, 2.05) is 39.0 Å². The number of fused-ring (bicyclic) bond motifs is 4. The van der Waals surface area contributed by atoms with Gasteiger partial charge in [-0.1, -0.05) is 0 Å². The van der Waals surface area contributed by atoms with Gasteiger partial charge in [0.15, 0.2) is 0 Å². The average molecular weight is 551 g/mol. The number of phenolic OH excluding ortho intramolecular Hbond substituents is 1. The van der Waals surface area contributed by atoms with Gasteiger partial charge in [0.25, 0.3) is 5.56 Å². The number of pyridine rings is 2. The summed E-state index contributed by atoms with van der Waals surface area (Å²) in [4.78, 5) is 41.6. The Morgan fingerprint density at radius 1 is 0.976 bits per heavy atom. The molecule has 3 aromatic carbocycles. The van der Waals surface area contributed by atoms with Gasteiger partial charge in [0.05, 0.1) is 34.6 Å². The topological polar surface area (TPSA) is 120 Å². The van der Waals surface area contributed by atoms with Gasteiger partial charge in [-0.3, -0.25) is 19.0 Å². The molecule has 7 rings (SSSR count). The van der Waals surface area contributed by atoms with E-state index in [4.69, 9.17) is 9.47 Å². The first-order valence-electron chi connectivity index (χ1n) is 13.1. The summed E-state index contributed by atoms with van der Waals surface area (Å²) >= 11 is 0. The lowest BCUT2D eigenvalue weighted by atomic mass is 9.91. The molecule has 0 saturated heterocycles. The fourth-order valence-corrected chi connectivity index (χ4v) is 6.46. The lowest BCUT2D eigenvalue weighted by Gasteiger charge is -2.31. The van der Waals surface area contributed by atoms with Crippen LogP contribution in [0.15, 0.2) is 58.1 Å². The van der Waals surface area contributed by atoms with E-state index in [9.17, 15) is 24.6 Å². The molecule has 9 heteroatoms. The van der Waals surface area contributed by atoms with Crippen molar-refractivity contribution in [3.8, 4) is 17.2 Å². The molecule has 1 atom stereocenters. The molecule has 2 aromatic heterocycles. The number of aliphatic hydroxyl groups is 1. The van der Waals surface area contributed by atoms with E-state index in [0.29, 0.717) is 27.7 Å². The summed E-state index contributed by atoms with van der Waals surface area (Å²) < 4.78 is 14.5. The molecule has 0 aliphatic carbocycles. The number of aromatic hydroxyl groups is 1. The van der Waals surface area contributed by atoms with Crippen molar-refractivity contribution < 1.29 is 24.5 Å². The van der Waals surface area contributed by atoms with Crippen molar-refractivity contribution in [1.29, 1.82) is 0 Å². The van der Waals surface area contributed by atoms with Crippen molar-refractivity contribution in [3.63, 3.8) is 0 Å². The van der Waals surface area contributed by atoms with E-state index < -0.39 is 28.1 Å². The van der Waals surface area contributed by atoms with E-state index in [-0.39, 0.29) is 38.9 Å². The molecule has 0 amide bonds. The first kappa shape index (κ1) is 25.1. The van der Waals surface area contributed by atoms with Crippen LogP contribution >= 0.6 is 0 Å². The SMILES string of the molecule is COc1ccc2c(=O)c3c(O)cc4c(c3n(C)c2c1C1(O)C(=O)c2cc(C)cc3ccc(=O)n1c23)C=CC(C)(C)O4. The highest BCUT2D eigenvalue weighted by atomic mass is 16.5. The zero-order valence-electron chi connectivity index (χ0n) is 23.0. The van der Waals surface area contributed by atoms with Crippen LogP contribution in [0.4, 0.5) is 0 Å². The summed E-state index contributed by atoms with van der Waals surface area (Å²) in [6.07, 6.45) is 3.67. The number of aromatic nitrogens is 2. The van der Waals surface area contributed by atoms with Crippen LogP contribution in [-0.2, 0) is 12.8 Å². The Labute approximate surface area is 233 Å². The maximum absolute atomic E-state index is 14.2. The molecule has 0 saturated carbocycles. The number of ether oxygens (including phenoxy) is 2. The summed E-state index contributed by atoms with van der Waals surface area (Å²) in [6.45, 7) is 5.57. The van der Waals surface area contributed by atoms with Crippen molar-refractivity contribution in [3.05, 3.63) is 91.4 Å². The van der Waals surface area contributed by atoms with Crippen LogP contribution in [0.25, 0.3) is 38.8 Å². The van der Waals surface area contributed by atoms with Crippen molar-refractivity contribution in [2.45, 2.75) is 32.1 Å². The van der Waals surface area contributed by atoms with Crippen LogP contribution in [0.3, 0.4) is 0 Å². The number of hydrogen-bond acceptors (Lipinski definition) is 7. The highest BCUT2D eigenvalue weighted by molar-refractivity contribution is 6.17. The second-order valence-electron chi connectivity index (χ2n) is 11.3. The van der Waals surface area contributed by atoms with Gasteiger partial charge in [0.2, 0.25) is 16.9 Å². The number of aryl methyl sites for hydroxylation is 2. The van der Waals surface area contributed by atoms with Gasteiger partial charge in [-0.15, -0.1) is 0 Å². The van der Waals surface area contributed by atoms with Crippen molar-refractivity contribution in [2.75, 3.05) is 7.11 Å². The first-order chi connectivity index (χ1) is 19.4. The molecule has 0 fully saturated rings. The van der Waals surface area contributed by atoms with Crippen molar-refractivity contribution in [1.82, 2.24) is 9.13 Å². The highest BCUT2D eigenvalue weighted by Gasteiger charge is 2.51. The fraction of sp³-hybridized carbons (Fsp3) is 0.219. The monoisotopic (exact) mass is 550 g/mol. The lowest BCUT2D eigenvalue weighted by Crippen LogP contribution is -2.45. The van der Waals surface area contributed by atoms with Crippen LogP contribution in [0.5, 0.6) is 17.2 Å². The normalized spacial score (nSPS) is 18.7. The maximum atomic E-state index is 14.2. The second-order valence-corrected chi connectivity index (χ2v) is 11.3. The van der Waals surface area contributed by atoms with Crippen LogP contribution < -0.4 is 20.5 Å². The molecule has 2 N–H and O–H groups in total. The zero-order valence-corrected chi connectivity index (χ0v) is 23.0. The molecule has 206 valence electrons. The Kier molecular flexibility index (Phi) is 4.81. The molecule has 2 aliphatic rings. The number of benzene rings is 3. The Morgan fingerprint density at radius 3 is 2.46 bits per heavy atom. The maximum Gasteiger partial charge on any atom is 0.254 e. The molecule has 5 aromatic rings. The van der Waals surface area contributed by atoms with Gasteiger partial charge in [0, 0.05) is 35.7 Å². The van der Waals surface area contributed by atoms with Gasteiger partial charge in [-0.05, 0) is 74.2 Å². The Morgan fingerprint density at radius 2 is 1.73 bits per heavy atom. The third-order valence-electron chi connectivity index (χ3n) is 8.17. The molecular formula is C32H26N2O7. The molecule has 41 heavy (non-hydrogen) atoms. The minimum absolute atomic E-state index is 0.0504. The van der Waals surface area contributed by atoms with Gasteiger partial charge in [-0.2, -0.15) is 0 Å². The minimum Gasteiger partial charge on any atom is -0.507 e. The van der Waals surface area contributed by atoms with E-state index in [2.05, 4.69) is 0 Å². The second kappa shape index (κ2) is 7.86. The predicted octanol–water partition coefficient (Wildman–Crippen LogP) is 4.10. The van der Waals surface area contributed by atoms with Gasteiger partial charge in [-0.25, -0.2) is 0 Å². The standard InChI is InChI=1S/C32H26N2O7/c1-15-12-16-6-9-23(36)34-26(16)19(13-15)30(38)32(34,39)25-21(40-5)8-7-18-28(25)33(4)27-17-10-11-31(2,3)41-22(17)14-20(35)24(27)29(18)37/h6-14,35,39H,1-5H3. The highest BCUT2D eigenvalue weighted by Crippen LogP contribution is 2.46. The molecule has 0 radical (unpaired) electrons. The third kappa shape index (κ3) is 3.06. The number of carbonyl (C=O) groups is 1. The third-order valence-corrected chi connectivity index (χ3v) is 8.17. The summed E-state index contributed by atoms with van der Waals surface area (Å²) in [7, 11) is 3.06. The van der Waals surface area contributed by atoms with Crippen LogP contribution in [0.2, 0.25) is 0 Å². The van der Waals surface area contributed by atoms with Crippen LogP contribution in [0, 0.1) is 6.92 Å². The zero-order chi connectivity index (χ0) is 29.2. The number of hydrogen-bond donors (Lipinski definition) is 2. The quantitative estimate of drug-likeness (QED) is 0.318. The number of ketones is 1. The molecule has 0 bridgehead atoms. The van der Waals surface area contributed by atoms with Gasteiger partial charge in [0.1, 0.15) is 22.8 Å². The van der Waals surface area contributed by atoms with E-state index in [1.165, 1.54) is 31.4 Å². The van der Waals surface area contributed by atoms with Gasteiger partial charge < -0.3 is 24.3 Å². The molecular weight excluding hydrogens is 524 g/mol. The lowest BCUT2D eigenvalue weighted by molar-refractivity contribution is 0.0175.